The molecule has 4 aliphatic rings. The molecular weight excluding hydrogens is 618 g/mol. The summed E-state index contributed by atoms with van der Waals surface area (Å²) >= 11 is 0. The molecule has 4 rings (SSSR count). The van der Waals surface area contributed by atoms with E-state index in [-0.39, 0.29) is 48.2 Å². The van der Waals surface area contributed by atoms with Crippen LogP contribution in [0.5, 0.6) is 0 Å². The predicted octanol–water partition coefficient (Wildman–Crippen LogP) is 2.64. The van der Waals surface area contributed by atoms with Gasteiger partial charge in [-0.1, -0.05) is 13.8 Å². The zero-order chi connectivity index (χ0) is 35.7. The molecular formula is C36H63N3O9. The van der Waals surface area contributed by atoms with Gasteiger partial charge in [0.25, 0.3) is 0 Å². The standard InChI is InChI=1S/C36H63N3O9/c1-20-16-35(6,44-11)32(47-34-31(42)28(38(8)9)14-26(46-34)19-39(10)18-25-12-13-25)21(2)30(41)22(3)33(43)45-24(5)36(7)27(15-29(40)48-36)23(4)37-17-20/h20-28,31-32,34,37,42H,12-19H2,1-11H3/t20-,21+,22?,23-,24-,26?,27-,28?,31?,32-,34?,35-,36-/m1/s1. The highest BCUT2D eigenvalue weighted by molar-refractivity contribution is 6.00. The number of hydrogen-bond donors (Lipinski definition) is 2. The number of hydrogen-bond acceptors (Lipinski definition) is 12. The van der Waals surface area contributed by atoms with Gasteiger partial charge < -0.3 is 43.9 Å². The molecule has 5 unspecified atom stereocenters. The topological polar surface area (TPSA) is 136 Å². The van der Waals surface area contributed by atoms with E-state index in [0.717, 1.165) is 12.5 Å². The largest absolute Gasteiger partial charge is 0.458 e. The van der Waals surface area contributed by atoms with Crippen molar-refractivity contribution < 1.29 is 43.2 Å². The van der Waals surface area contributed by atoms with Crippen LogP contribution in [0.1, 0.15) is 80.6 Å². The van der Waals surface area contributed by atoms with Crippen LogP contribution >= 0.6 is 0 Å². The van der Waals surface area contributed by atoms with Crippen LogP contribution in [0.3, 0.4) is 0 Å². The van der Waals surface area contributed by atoms with E-state index in [2.05, 4.69) is 24.2 Å². The van der Waals surface area contributed by atoms with Gasteiger partial charge in [0.15, 0.2) is 17.7 Å². The van der Waals surface area contributed by atoms with Gasteiger partial charge in [-0.15, -0.1) is 0 Å². The maximum Gasteiger partial charge on any atom is 0.316 e. The first-order chi connectivity index (χ1) is 22.4. The van der Waals surface area contributed by atoms with Crippen LogP contribution < -0.4 is 5.32 Å². The molecule has 1 saturated carbocycles. The van der Waals surface area contributed by atoms with Crippen molar-refractivity contribution in [2.75, 3.05) is 47.9 Å². The molecule has 3 heterocycles. The van der Waals surface area contributed by atoms with Crippen molar-refractivity contribution in [1.82, 2.24) is 15.1 Å². The minimum atomic E-state index is -1.12. The highest BCUT2D eigenvalue weighted by Gasteiger charge is 2.54. The Bertz CT molecular complexity index is 1140. The lowest BCUT2D eigenvalue weighted by molar-refractivity contribution is -0.298. The Hall–Kier alpha value is -1.67. The molecule has 12 nitrogen and oxygen atoms in total. The van der Waals surface area contributed by atoms with Gasteiger partial charge in [0.05, 0.1) is 24.2 Å². The molecule has 0 bridgehead atoms. The number of cyclic esters (lactones) is 1. The van der Waals surface area contributed by atoms with Crippen LogP contribution in [-0.4, -0.2) is 135 Å². The van der Waals surface area contributed by atoms with Crippen molar-refractivity contribution in [1.29, 1.82) is 0 Å². The second kappa shape index (κ2) is 15.7. The molecule has 1 aliphatic carbocycles. The lowest BCUT2D eigenvalue weighted by atomic mass is 9.78. The number of likely N-dealkylation sites (N-methyl/N-ethyl adjacent to an activating group) is 2. The first-order valence-electron chi connectivity index (χ1n) is 18.0. The third-order valence-corrected chi connectivity index (χ3v) is 11.7. The smallest absolute Gasteiger partial charge is 0.316 e. The van der Waals surface area contributed by atoms with Crippen molar-refractivity contribution in [2.45, 2.75) is 135 Å². The predicted molar refractivity (Wildman–Crippen MR) is 180 cm³/mol. The van der Waals surface area contributed by atoms with Gasteiger partial charge in [0, 0.05) is 44.1 Å². The Labute approximate surface area is 287 Å². The number of carbonyl (C=O) groups excluding carboxylic acids is 3. The number of nitrogens with one attached hydrogen (secondary N) is 1. The number of carbonyl (C=O) groups is 3. The molecule has 276 valence electrons. The van der Waals surface area contributed by atoms with Crippen LogP contribution in [0.2, 0.25) is 0 Å². The number of fused-ring (bicyclic) bond motifs is 1. The van der Waals surface area contributed by atoms with Crippen LogP contribution in [0.4, 0.5) is 0 Å². The molecule has 4 fully saturated rings. The molecule has 3 aliphatic heterocycles. The molecule has 48 heavy (non-hydrogen) atoms. The minimum absolute atomic E-state index is 0.0588. The van der Waals surface area contributed by atoms with Gasteiger partial charge in [-0.3, -0.25) is 14.4 Å². The fraction of sp³-hybridized carbons (Fsp3) is 0.917. The van der Waals surface area contributed by atoms with E-state index < -0.39 is 53.6 Å². The first kappa shape index (κ1) is 39.1. The number of ether oxygens (including phenoxy) is 5. The molecule has 0 aromatic carbocycles. The minimum Gasteiger partial charge on any atom is -0.458 e. The molecule has 13 atom stereocenters. The zero-order valence-electron chi connectivity index (χ0n) is 31.2. The summed E-state index contributed by atoms with van der Waals surface area (Å²) in [6.07, 6.45) is 0.0353. The second-order valence-corrected chi connectivity index (χ2v) is 16.1. The fourth-order valence-corrected chi connectivity index (χ4v) is 8.23. The van der Waals surface area contributed by atoms with Crippen molar-refractivity contribution >= 4 is 17.7 Å². The highest BCUT2D eigenvalue weighted by atomic mass is 16.7. The van der Waals surface area contributed by atoms with Crippen molar-refractivity contribution in [3.8, 4) is 0 Å². The van der Waals surface area contributed by atoms with Gasteiger partial charge in [-0.05, 0) is 99.8 Å². The van der Waals surface area contributed by atoms with Crippen LogP contribution in [0.25, 0.3) is 0 Å². The molecule has 0 spiro atoms. The van der Waals surface area contributed by atoms with E-state index in [1.807, 2.05) is 32.8 Å². The zero-order valence-corrected chi connectivity index (χ0v) is 31.2. The molecule has 0 radical (unpaired) electrons. The molecule has 2 N–H and O–H groups in total. The lowest BCUT2D eigenvalue weighted by Crippen LogP contribution is -2.60. The third kappa shape index (κ3) is 8.79. The molecule has 0 aromatic heterocycles. The molecule has 12 heteroatoms. The monoisotopic (exact) mass is 681 g/mol. The van der Waals surface area contributed by atoms with E-state index in [1.165, 1.54) is 12.8 Å². The number of methoxy groups -OCH3 is 1. The van der Waals surface area contributed by atoms with E-state index >= 15 is 0 Å². The number of Topliss-reactive ketones (excluding diaryl/α,β-unsaturated/α-hetero) is 1. The average molecular weight is 682 g/mol. The quantitative estimate of drug-likeness (QED) is 0.288. The molecule has 3 saturated heterocycles. The first-order valence-corrected chi connectivity index (χ1v) is 18.0. The van der Waals surface area contributed by atoms with E-state index in [0.29, 0.717) is 25.9 Å². The summed E-state index contributed by atoms with van der Waals surface area (Å²) < 4.78 is 31.2. The van der Waals surface area contributed by atoms with Gasteiger partial charge in [-0.25, -0.2) is 0 Å². The summed E-state index contributed by atoms with van der Waals surface area (Å²) in [5.41, 5.74) is -2.05. The van der Waals surface area contributed by atoms with Gasteiger partial charge in [-0.2, -0.15) is 0 Å². The summed E-state index contributed by atoms with van der Waals surface area (Å²) in [5, 5.41) is 15.2. The second-order valence-electron chi connectivity index (χ2n) is 16.1. The molecule has 0 aromatic rings. The summed E-state index contributed by atoms with van der Waals surface area (Å²) in [6, 6.07) is -0.349. The van der Waals surface area contributed by atoms with Gasteiger partial charge >= 0.3 is 11.9 Å². The van der Waals surface area contributed by atoms with Crippen molar-refractivity contribution in [2.24, 2.45) is 29.6 Å². The van der Waals surface area contributed by atoms with Gasteiger partial charge in [0.1, 0.15) is 18.1 Å². The Morgan fingerprint density at radius 3 is 2.29 bits per heavy atom. The summed E-state index contributed by atoms with van der Waals surface area (Å²) in [6.45, 7) is 15.2. The number of ketones is 1. The van der Waals surface area contributed by atoms with Gasteiger partial charge in [0.2, 0.25) is 0 Å². The Morgan fingerprint density at radius 2 is 1.69 bits per heavy atom. The average Bonchev–Trinajstić information content (AvgIpc) is 3.77. The lowest BCUT2D eigenvalue weighted by Gasteiger charge is -2.47. The number of aliphatic hydroxyl groups is 1. The maximum absolute atomic E-state index is 14.2. The number of nitrogens with zero attached hydrogens (tertiary/aromatic N) is 2. The van der Waals surface area contributed by atoms with Crippen LogP contribution in [0, 0.1) is 29.6 Å². The third-order valence-electron chi connectivity index (χ3n) is 11.7. The Morgan fingerprint density at radius 1 is 1.02 bits per heavy atom. The summed E-state index contributed by atoms with van der Waals surface area (Å²) in [5.74, 6) is -2.79. The highest BCUT2D eigenvalue weighted by Crippen LogP contribution is 2.41. The van der Waals surface area contributed by atoms with E-state index in [4.69, 9.17) is 23.7 Å². The van der Waals surface area contributed by atoms with E-state index in [1.54, 1.807) is 34.8 Å². The fourth-order valence-electron chi connectivity index (χ4n) is 8.23. The van der Waals surface area contributed by atoms with E-state index in [9.17, 15) is 19.5 Å². The normalized spacial score (nSPS) is 43.8. The summed E-state index contributed by atoms with van der Waals surface area (Å²) in [7, 11) is 7.59. The Kier molecular flexibility index (Phi) is 12.8. The maximum atomic E-state index is 14.2. The Balaban J connectivity index is 1.65. The summed E-state index contributed by atoms with van der Waals surface area (Å²) in [4.78, 5) is 44.5. The SMILES string of the molecule is CO[C@]1(C)C[C@@H](C)CN[C@H](C)[C@H]2CC(=O)O[C@]2(C)[C@@H](C)OC(=O)C(C)C(=O)[C@H](C)[C@H]1OC1OC(CN(C)CC2CC2)CC(N(C)C)C1O. The van der Waals surface area contributed by atoms with Crippen LogP contribution in [0.15, 0.2) is 0 Å². The number of aliphatic hydroxyl groups excluding tert-OH is 1. The van der Waals surface area contributed by atoms with Crippen molar-refractivity contribution in [3.05, 3.63) is 0 Å². The van der Waals surface area contributed by atoms with Crippen molar-refractivity contribution in [3.63, 3.8) is 0 Å². The number of rotatable bonds is 8. The molecule has 0 amide bonds. The van der Waals surface area contributed by atoms with Crippen LogP contribution in [-0.2, 0) is 38.1 Å². The number of esters is 2.